The number of nitrogens with one attached hydrogen (secondary N) is 1. The van der Waals surface area contributed by atoms with Crippen LogP contribution in [-0.2, 0) is 4.74 Å². The first-order chi connectivity index (χ1) is 8.09. The highest BCUT2D eigenvalue weighted by Gasteiger charge is 2.08. The molecule has 17 heavy (non-hydrogen) atoms. The summed E-state index contributed by atoms with van der Waals surface area (Å²) in [6.45, 7) is 7.45. The molecule has 0 fully saturated rings. The zero-order valence-electron chi connectivity index (χ0n) is 10.8. The van der Waals surface area contributed by atoms with E-state index in [9.17, 15) is 0 Å². The van der Waals surface area contributed by atoms with Gasteiger partial charge in [-0.2, -0.15) is 0 Å². The van der Waals surface area contributed by atoms with Crippen molar-refractivity contribution in [1.29, 1.82) is 0 Å². The molecule has 1 atom stereocenters. The van der Waals surface area contributed by atoms with Crippen molar-refractivity contribution >= 4 is 6.01 Å². The molecule has 6 heteroatoms. The number of anilines is 1. The van der Waals surface area contributed by atoms with Gasteiger partial charge in [0.1, 0.15) is 0 Å². The van der Waals surface area contributed by atoms with Crippen LogP contribution >= 0.6 is 0 Å². The molecule has 1 rings (SSSR count). The number of ether oxygens (including phenoxy) is 1. The second kappa shape index (κ2) is 7.24. The van der Waals surface area contributed by atoms with Crippen molar-refractivity contribution in [1.82, 2.24) is 10.2 Å². The second-order valence-electron chi connectivity index (χ2n) is 4.29. The van der Waals surface area contributed by atoms with Crippen LogP contribution in [0, 0.1) is 0 Å². The highest BCUT2D eigenvalue weighted by Crippen LogP contribution is 2.10. The first kappa shape index (κ1) is 13.9. The predicted octanol–water partition coefficient (Wildman–Crippen LogP) is 1.71. The van der Waals surface area contributed by atoms with Crippen molar-refractivity contribution in [3.63, 3.8) is 0 Å². The number of rotatable bonds is 8. The average molecular weight is 242 g/mol. The van der Waals surface area contributed by atoms with Gasteiger partial charge >= 0.3 is 6.01 Å². The first-order valence-corrected chi connectivity index (χ1v) is 6.04. The molecule has 1 heterocycles. The van der Waals surface area contributed by atoms with Crippen molar-refractivity contribution in [3.8, 4) is 0 Å². The summed E-state index contributed by atoms with van der Waals surface area (Å²) in [5.74, 6) is 0.454. The summed E-state index contributed by atoms with van der Waals surface area (Å²) in [5.41, 5.74) is 5.61. The molecule has 0 saturated carbocycles. The lowest BCUT2D eigenvalue weighted by Gasteiger charge is -2.06. The summed E-state index contributed by atoms with van der Waals surface area (Å²) in [6, 6.07) is 0.208. The lowest BCUT2D eigenvalue weighted by Crippen LogP contribution is -2.07. The first-order valence-electron chi connectivity index (χ1n) is 6.04. The number of hydrogen-bond donors (Lipinski definition) is 2. The fourth-order valence-corrected chi connectivity index (χ4v) is 1.23. The van der Waals surface area contributed by atoms with E-state index in [2.05, 4.69) is 15.5 Å². The summed E-state index contributed by atoms with van der Waals surface area (Å²) in [6.07, 6.45) is 2.31. The largest absolute Gasteiger partial charge is 0.406 e. The maximum atomic E-state index is 5.61. The third-order valence-corrected chi connectivity index (χ3v) is 2.13. The van der Waals surface area contributed by atoms with Gasteiger partial charge in [-0.25, -0.2) is 0 Å². The molecule has 1 aromatic heterocycles. The molecule has 0 bridgehead atoms. The summed E-state index contributed by atoms with van der Waals surface area (Å²) in [7, 11) is 0. The number of aromatic nitrogens is 2. The van der Waals surface area contributed by atoms with Gasteiger partial charge in [0.05, 0.1) is 12.1 Å². The highest BCUT2D eigenvalue weighted by molar-refractivity contribution is 5.16. The maximum Gasteiger partial charge on any atom is 0.315 e. The van der Waals surface area contributed by atoms with Gasteiger partial charge in [0.25, 0.3) is 0 Å². The van der Waals surface area contributed by atoms with Crippen molar-refractivity contribution < 1.29 is 9.15 Å². The van der Waals surface area contributed by atoms with Crippen molar-refractivity contribution in [3.05, 3.63) is 5.89 Å². The van der Waals surface area contributed by atoms with Gasteiger partial charge < -0.3 is 20.2 Å². The molecule has 0 aliphatic heterocycles. The second-order valence-corrected chi connectivity index (χ2v) is 4.29. The van der Waals surface area contributed by atoms with Crippen molar-refractivity contribution in [2.75, 3.05) is 18.5 Å². The standard InChI is InChI=1S/C11H22N4O2/c1-8(2)16-7-5-4-6-13-11-15-14-10(17-11)9(3)12/h8-9H,4-7,12H2,1-3H3,(H,13,15). The van der Waals surface area contributed by atoms with Gasteiger partial charge in [0.15, 0.2) is 0 Å². The Morgan fingerprint density at radius 2 is 2.06 bits per heavy atom. The average Bonchev–Trinajstić information content (AvgIpc) is 2.71. The molecule has 0 radical (unpaired) electrons. The van der Waals surface area contributed by atoms with E-state index in [0.29, 0.717) is 18.0 Å². The van der Waals surface area contributed by atoms with E-state index < -0.39 is 0 Å². The van der Waals surface area contributed by atoms with E-state index in [1.807, 2.05) is 13.8 Å². The van der Waals surface area contributed by atoms with Crippen LogP contribution in [0.1, 0.15) is 45.5 Å². The Labute approximate surface area is 102 Å². The van der Waals surface area contributed by atoms with E-state index in [0.717, 1.165) is 26.0 Å². The minimum Gasteiger partial charge on any atom is -0.406 e. The molecule has 0 aliphatic rings. The van der Waals surface area contributed by atoms with Gasteiger partial charge in [0.2, 0.25) is 5.89 Å². The Kier molecular flexibility index (Phi) is 5.93. The Morgan fingerprint density at radius 3 is 2.65 bits per heavy atom. The summed E-state index contributed by atoms with van der Waals surface area (Å²) >= 11 is 0. The smallest absolute Gasteiger partial charge is 0.315 e. The van der Waals surface area contributed by atoms with Crippen LogP contribution in [-0.4, -0.2) is 29.5 Å². The fraction of sp³-hybridized carbons (Fsp3) is 0.818. The Bertz CT molecular complexity index is 312. The molecule has 0 amide bonds. The molecule has 6 nitrogen and oxygen atoms in total. The third-order valence-electron chi connectivity index (χ3n) is 2.13. The minimum absolute atomic E-state index is 0.225. The van der Waals surface area contributed by atoms with Crippen LogP contribution in [0.4, 0.5) is 6.01 Å². The van der Waals surface area contributed by atoms with Gasteiger partial charge in [-0.15, -0.1) is 5.10 Å². The molecule has 3 N–H and O–H groups in total. The van der Waals surface area contributed by atoms with Crippen LogP contribution in [0.15, 0.2) is 4.42 Å². The Balaban J connectivity index is 2.09. The molecular weight excluding hydrogens is 220 g/mol. The van der Waals surface area contributed by atoms with Crippen molar-refractivity contribution in [2.45, 2.75) is 45.8 Å². The van der Waals surface area contributed by atoms with Crippen molar-refractivity contribution in [2.24, 2.45) is 5.73 Å². The highest BCUT2D eigenvalue weighted by atomic mass is 16.5. The van der Waals surface area contributed by atoms with E-state index in [1.165, 1.54) is 0 Å². The zero-order chi connectivity index (χ0) is 12.7. The number of hydrogen-bond acceptors (Lipinski definition) is 6. The molecule has 0 aromatic carbocycles. The fourth-order valence-electron chi connectivity index (χ4n) is 1.23. The van der Waals surface area contributed by atoms with E-state index in [-0.39, 0.29) is 6.04 Å². The predicted molar refractivity (Wildman–Crippen MR) is 65.7 cm³/mol. The molecule has 0 aliphatic carbocycles. The third kappa shape index (κ3) is 5.65. The topological polar surface area (TPSA) is 86.2 Å². The lowest BCUT2D eigenvalue weighted by atomic mass is 10.3. The maximum absolute atomic E-state index is 5.61. The minimum atomic E-state index is -0.225. The molecule has 1 unspecified atom stereocenters. The number of nitrogens with zero attached hydrogens (tertiary/aromatic N) is 2. The SMILES string of the molecule is CC(C)OCCCCNc1nnc(C(C)N)o1. The van der Waals surface area contributed by atoms with Gasteiger partial charge in [-0.1, -0.05) is 5.10 Å². The molecule has 1 aromatic rings. The van der Waals surface area contributed by atoms with E-state index >= 15 is 0 Å². The van der Waals surface area contributed by atoms with Crippen LogP contribution in [0.25, 0.3) is 0 Å². The summed E-state index contributed by atoms with van der Waals surface area (Å²) in [4.78, 5) is 0. The zero-order valence-corrected chi connectivity index (χ0v) is 10.8. The molecule has 98 valence electrons. The Hall–Kier alpha value is -1.14. The van der Waals surface area contributed by atoms with Crippen LogP contribution in [0.2, 0.25) is 0 Å². The van der Waals surface area contributed by atoms with Crippen LogP contribution in [0.3, 0.4) is 0 Å². The molecule has 0 saturated heterocycles. The van der Waals surface area contributed by atoms with Gasteiger partial charge in [0, 0.05) is 13.2 Å². The molecule has 0 spiro atoms. The van der Waals surface area contributed by atoms with Gasteiger partial charge in [-0.3, -0.25) is 0 Å². The monoisotopic (exact) mass is 242 g/mol. The van der Waals surface area contributed by atoms with Crippen LogP contribution < -0.4 is 11.1 Å². The van der Waals surface area contributed by atoms with E-state index in [1.54, 1.807) is 6.92 Å². The van der Waals surface area contributed by atoms with Gasteiger partial charge in [-0.05, 0) is 33.6 Å². The lowest BCUT2D eigenvalue weighted by molar-refractivity contribution is 0.0765. The number of unbranched alkanes of at least 4 members (excludes halogenated alkanes) is 1. The summed E-state index contributed by atoms with van der Waals surface area (Å²) in [5, 5.41) is 10.7. The Morgan fingerprint density at radius 1 is 1.29 bits per heavy atom. The van der Waals surface area contributed by atoms with E-state index in [4.69, 9.17) is 14.9 Å². The normalized spacial score (nSPS) is 13.0. The quantitative estimate of drug-likeness (QED) is 0.675. The summed E-state index contributed by atoms with van der Waals surface area (Å²) < 4.78 is 10.7. The van der Waals surface area contributed by atoms with Crippen LogP contribution in [0.5, 0.6) is 0 Å². The molecular formula is C11H22N4O2. The number of nitrogens with two attached hydrogens (primary N) is 1.